The number of aliphatic hydroxyl groups excluding tert-OH is 1. The summed E-state index contributed by atoms with van der Waals surface area (Å²) in [6.45, 7) is -0.487. The maximum absolute atomic E-state index is 12.7. The number of rotatable bonds is 6. The number of alkyl halides is 3. The Morgan fingerprint density at radius 1 is 0.963 bits per heavy atom. The van der Waals surface area contributed by atoms with E-state index in [4.69, 9.17) is 0 Å². The number of nitrogens with one attached hydrogen (secondary N) is 2. The fraction of sp³-hybridized carbons (Fsp3) is 0.167. The van der Waals surface area contributed by atoms with Gasteiger partial charge < -0.3 is 15.7 Å². The lowest BCUT2D eigenvalue weighted by atomic mass is 10.0. The van der Waals surface area contributed by atoms with Crippen molar-refractivity contribution >= 4 is 17.1 Å². The first-order valence-corrected chi connectivity index (χ1v) is 7.86. The van der Waals surface area contributed by atoms with Crippen LogP contribution in [0.5, 0.6) is 0 Å². The van der Waals surface area contributed by atoms with Gasteiger partial charge in [0.25, 0.3) is 10.9 Å². The van der Waals surface area contributed by atoms with Crippen molar-refractivity contribution in [3.05, 3.63) is 80.4 Å². The smallest absolute Gasteiger partial charge is 0.394 e. The van der Waals surface area contributed by atoms with E-state index in [0.717, 1.165) is 12.1 Å². The quantitative estimate of drug-likeness (QED) is 0.572. The molecule has 0 aliphatic rings. The molecule has 0 saturated carbocycles. The number of hydrogen-bond donors (Lipinski definition) is 3. The van der Waals surface area contributed by atoms with Crippen LogP contribution in [0.1, 0.15) is 17.2 Å². The zero-order chi connectivity index (χ0) is 19.6. The Kier molecular flexibility index (Phi) is 4.95. The molecule has 1 heterocycles. The van der Waals surface area contributed by atoms with Crippen molar-refractivity contribution in [2.24, 2.45) is 0 Å². The molecule has 1 unspecified atom stereocenters. The molecule has 3 rings (SSSR count). The minimum atomic E-state index is -4.47. The molecular weight excluding hydrogens is 363 g/mol. The summed E-state index contributed by atoms with van der Waals surface area (Å²) in [7, 11) is 0. The molecule has 2 aromatic carbocycles. The number of anilines is 3. The Labute approximate surface area is 151 Å². The van der Waals surface area contributed by atoms with Gasteiger partial charge in [-0.15, -0.1) is 0 Å². The molecule has 27 heavy (non-hydrogen) atoms. The molecule has 1 aromatic heterocycles. The maximum Gasteiger partial charge on any atom is 0.416 e. The highest BCUT2D eigenvalue weighted by Gasteiger charge is 2.30. The van der Waals surface area contributed by atoms with E-state index in [1.54, 1.807) is 12.1 Å². The lowest BCUT2D eigenvalue weighted by molar-refractivity contribution is -0.137. The van der Waals surface area contributed by atoms with Crippen molar-refractivity contribution < 1.29 is 18.3 Å². The zero-order valence-corrected chi connectivity index (χ0v) is 13.7. The highest BCUT2D eigenvalue weighted by atomic mass is 19.4. The van der Waals surface area contributed by atoms with E-state index in [2.05, 4.69) is 15.6 Å². The minimum Gasteiger partial charge on any atom is -0.394 e. The topological polar surface area (TPSA) is 91.3 Å². The normalized spacial score (nSPS) is 12.7. The summed E-state index contributed by atoms with van der Waals surface area (Å²) in [5.74, 6) is 0. The van der Waals surface area contributed by atoms with E-state index in [1.165, 1.54) is 24.5 Å². The van der Waals surface area contributed by atoms with Crippen LogP contribution in [-0.4, -0.2) is 16.7 Å². The summed E-state index contributed by atoms with van der Waals surface area (Å²) < 4.78 is 38.0. The Morgan fingerprint density at radius 3 is 2.11 bits per heavy atom. The van der Waals surface area contributed by atoms with Gasteiger partial charge in [0.05, 0.1) is 18.2 Å². The highest BCUT2D eigenvalue weighted by Crippen LogP contribution is 2.31. The van der Waals surface area contributed by atoms with Crippen LogP contribution in [0.3, 0.4) is 0 Å². The van der Waals surface area contributed by atoms with Gasteiger partial charge in [-0.3, -0.25) is 14.6 Å². The second-order valence-corrected chi connectivity index (χ2v) is 5.77. The number of benzene rings is 1. The van der Waals surface area contributed by atoms with Crippen molar-refractivity contribution in [2.45, 2.75) is 12.2 Å². The number of aromatic nitrogens is 1. The lowest BCUT2D eigenvalue weighted by Crippen LogP contribution is -2.38. The van der Waals surface area contributed by atoms with Gasteiger partial charge in [0.1, 0.15) is 11.4 Å². The molecule has 0 aliphatic heterocycles. The van der Waals surface area contributed by atoms with Gasteiger partial charge in [-0.05, 0) is 29.8 Å². The number of aliphatic hydroxyl groups is 1. The predicted octanol–water partition coefficient (Wildman–Crippen LogP) is 2.59. The molecule has 0 spiro atoms. The minimum absolute atomic E-state index is 0.0246. The first-order chi connectivity index (χ1) is 12.8. The third-order valence-electron chi connectivity index (χ3n) is 4.00. The fourth-order valence-electron chi connectivity index (χ4n) is 2.54. The predicted molar refractivity (Wildman–Crippen MR) is 93.8 cm³/mol. The molecule has 0 aliphatic carbocycles. The average molecular weight is 377 g/mol. The standard InChI is InChI=1S/C18H14F3N3O3/c19-18(20,21)11-3-1-10(2-4-11)13(9-25)24-15-14(16(26)17(15)27)23-12-5-7-22-8-6-12/h1-8,13,24-25H,9H2,(H,22,23). The Bertz CT molecular complexity index is 995. The Balaban J connectivity index is 1.82. The molecule has 0 saturated heterocycles. The van der Waals surface area contributed by atoms with Crippen molar-refractivity contribution in [2.75, 3.05) is 17.2 Å². The molecule has 1 atom stereocenters. The molecule has 9 heteroatoms. The van der Waals surface area contributed by atoms with E-state index < -0.39 is 35.2 Å². The van der Waals surface area contributed by atoms with Gasteiger partial charge in [-0.25, -0.2) is 0 Å². The van der Waals surface area contributed by atoms with Crippen LogP contribution in [0.25, 0.3) is 0 Å². The first kappa shape index (κ1) is 18.6. The van der Waals surface area contributed by atoms with E-state index in [1.807, 2.05) is 0 Å². The maximum atomic E-state index is 12.7. The van der Waals surface area contributed by atoms with E-state index in [-0.39, 0.29) is 11.4 Å². The Morgan fingerprint density at radius 2 is 1.56 bits per heavy atom. The molecule has 0 bridgehead atoms. The van der Waals surface area contributed by atoms with E-state index in [9.17, 15) is 27.9 Å². The molecular formula is C18H14F3N3O3. The van der Waals surface area contributed by atoms with Gasteiger partial charge in [-0.1, -0.05) is 12.1 Å². The third kappa shape index (κ3) is 3.82. The summed E-state index contributed by atoms with van der Waals surface area (Å²) in [5.41, 5.74) is -1.44. The molecule has 0 radical (unpaired) electrons. The first-order valence-electron chi connectivity index (χ1n) is 7.86. The highest BCUT2D eigenvalue weighted by molar-refractivity contribution is 5.78. The van der Waals surface area contributed by atoms with Crippen molar-refractivity contribution in [3.63, 3.8) is 0 Å². The van der Waals surface area contributed by atoms with Gasteiger partial charge in [-0.2, -0.15) is 13.2 Å². The van der Waals surface area contributed by atoms with Crippen LogP contribution in [-0.2, 0) is 6.18 Å². The van der Waals surface area contributed by atoms with Crippen LogP contribution in [0.4, 0.5) is 30.2 Å². The van der Waals surface area contributed by atoms with E-state index in [0.29, 0.717) is 11.3 Å². The third-order valence-corrected chi connectivity index (χ3v) is 4.00. The summed E-state index contributed by atoms with van der Waals surface area (Å²) >= 11 is 0. The molecule has 0 amide bonds. The largest absolute Gasteiger partial charge is 0.416 e. The van der Waals surface area contributed by atoms with Gasteiger partial charge >= 0.3 is 6.18 Å². The lowest BCUT2D eigenvalue weighted by Gasteiger charge is -2.21. The zero-order valence-electron chi connectivity index (χ0n) is 13.7. The SMILES string of the molecule is O=c1c(Nc2ccncc2)c(NC(CO)c2ccc(C(F)(F)F)cc2)c1=O. The monoisotopic (exact) mass is 377 g/mol. The number of nitrogens with zero attached hydrogens (tertiary/aromatic N) is 1. The summed E-state index contributed by atoms with van der Waals surface area (Å²) in [4.78, 5) is 27.5. The van der Waals surface area contributed by atoms with E-state index >= 15 is 0 Å². The number of pyridine rings is 1. The van der Waals surface area contributed by atoms with Gasteiger partial charge in [0.2, 0.25) is 0 Å². The van der Waals surface area contributed by atoms with Crippen molar-refractivity contribution in [1.82, 2.24) is 4.98 Å². The molecule has 6 nitrogen and oxygen atoms in total. The molecule has 140 valence electrons. The molecule has 3 N–H and O–H groups in total. The van der Waals surface area contributed by atoms with Crippen molar-refractivity contribution in [1.29, 1.82) is 0 Å². The van der Waals surface area contributed by atoms with Crippen LogP contribution >= 0.6 is 0 Å². The molecule has 0 fully saturated rings. The Hall–Kier alpha value is -3.20. The fourth-order valence-corrected chi connectivity index (χ4v) is 2.54. The van der Waals surface area contributed by atoms with Crippen LogP contribution in [0, 0.1) is 0 Å². The second-order valence-electron chi connectivity index (χ2n) is 5.77. The van der Waals surface area contributed by atoms with Crippen molar-refractivity contribution in [3.8, 4) is 0 Å². The number of halogens is 3. The summed E-state index contributed by atoms with van der Waals surface area (Å²) in [5, 5.41) is 15.1. The van der Waals surface area contributed by atoms with Gasteiger partial charge in [0, 0.05) is 18.1 Å². The second kappa shape index (κ2) is 7.20. The van der Waals surface area contributed by atoms with Crippen LogP contribution in [0.2, 0.25) is 0 Å². The molecule has 3 aromatic rings. The number of hydrogen-bond acceptors (Lipinski definition) is 6. The van der Waals surface area contributed by atoms with Gasteiger partial charge in [0.15, 0.2) is 0 Å². The van der Waals surface area contributed by atoms with Crippen LogP contribution < -0.4 is 21.5 Å². The summed E-state index contributed by atoms with van der Waals surface area (Å²) in [6, 6.07) is 6.53. The van der Waals surface area contributed by atoms with Crippen LogP contribution in [0.15, 0.2) is 58.4 Å². The summed E-state index contributed by atoms with van der Waals surface area (Å²) in [6.07, 6.45) is -1.47. The average Bonchev–Trinajstić information content (AvgIpc) is 2.67.